The Morgan fingerprint density at radius 1 is 1.11 bits per heavy atom. The number of hydrogen-bond donors (Lipinski definition) is 0. The van der Waals surface area contributed by atoms with Gasteiger partial charge in [0.2, 0.25) is 0 Å². The monoisotopic (exact) mass is 370 g/mol. The molecule has 28 heavy (non-hydrogen) atoms. The molecule has 1 aliphatic heterocycles. The van der Waals surface area contributed by atoms with Gasteiger partial charge < -0.3 is 4.90 Å². The summed E-state index contributed by atoms with van der Waals surface area (Å²) in [6, 6.07) is 13.7. The van der Waals surface area contributed by atoms with Crippen molar-refractivity contribution < 1.29 is 4.79 Å². The summed E-state index contributed by atoms with van der Waals surface area (Å²) in [6.45, 7) is 4.04. The van der Waals surface area contributed by atoms with Crippen molar-refractivity contribution in [3.05, 3.63) is 60.4 Å². The van der Waals surface area contributed by atoms with Gasteiger partial charge in [0.15, 0.2) is 0 Å². The summed E-state index contributed by atoms with van der Waals surface area (Å²) in [5.74, 6) is 5.96. The van der Waals surface area contributed by atoms with Gasteiger partial charge in [-0.25, -0.2) is 0 Å². The highest BCUT2D eigenvalue weighted by atomic mass is 16.2. The van der Waals surface area contributed by atoms with Crippen molar-refractivity contribution >= 4 is 5.91 Å². The average Bonchev–Trinajstić information content (AvgIpc) is 3.44. The Bertz CT molecular complexity index is 1050. The third kappa shape index (κ3) is 3.67. The SMILES string of the molecule is CC#CCn1ccc(-c2cccc(-c3ncccc3C(=O)N3CCCC3)c2)n1. The highest BCUT2D eigenvalue weighted by Crippen LogP contribution is 2.27. The first-order valence-electron chi connectivity index (χ1n) is 9.54. The van der Waals surface area contributed by atoms with Gasteiger partial charge in [-0.15, -0.1) is 5.92 Å². The predicted molar refractivity (Wildman–Crippen MR) is 109 cm³/mol. The molecule has 1 saturated heterocycles. The third-order valence-corrected chi connectivity index (χ3v) is 4.92. The van der Waals surface area contributed by atoms with Crippen molar-refractivity contribution in [2.75, 3.05) is 13.1 Å². The Balaban J connectivity index is 1.67. The van der Waals surface area contributed by atoms with Gasteiger partial charge in [-0.3, -0.25) is 14.5 Å². The molecule has 4 rings (SSSR count). The number of benzene rings is 1. The lowest BCUT2D eigenvalue weighted by molar-refractivity contribution is 0.0793. The summed E-state index contributed by atoms with van der Waals surface area (Å²) in [5.41, 5.74) is 4.17. The molecule has 0 N–H and O–H groups in total. The maximum Gasteiger partial charge on any atom is 0.256 e. The van der Waals surface area contributed by atoms with E-state index in [0.29, 0.717) is 12.1 Å². The van der Waals surface area contributed by atoms with E-state index in [-0.39, 0.29) is 5.91 Å². The van der Waals surface area contributed by atoms with Gasteiger partial charge in [0, 0.05) is 36.6 Å². The maximum absolute atomic E-state index is 13.0. The van der Waals surface area contributed by atoms with E-state index in [1.807, 2.05) is 65.2 Å². The molecule has 0 radical (unpaired) electrons. The van der Waals surface area contributed by atoms with Crippen LogP contribution in [0.1, 0.15) is 30.1 Å². The molecule has 3 heterocycles. The van der Waals surface area contributed by atoms with Crippen molar-refractivity contribution in [1.82, 2.24) is 19.7 Å². The normalized spacial score (nSPS) is 13.2. The second kappa shape index (κ2) is 8.10. The number of carbonyl (C=O) groups is 1. The molecule has 0 aliphatic carbocycles. The fourth-order valence-electron chi connectivity index (χ4n) is 3.49. The minimum Gasteiger partial charge on any atom is -0.339 e. The van der Waals surface area contributed by atoms with E-state index in [9.17, 15) is 4.79 Å². The molecule has 0 saturated carbocycles. The number of hydrogen-bond acceptors (Lipinski definition) is 3. The van der Waals surface area contributed by atoms with Gasteiger partial charge >= 0.3 is 0 Å². The van der Waals surface area contributed by atoms with E-state index in [2.05, 4.69) is 21.9 Å². The second-order valence-electron chi connectivity index (χ2n) is 6.81. The summed E-state index contributed by atoms with van der Waals surface area (Å²) < 4.78 is 1.82. The minimum absolute atomic E-state index is 0.0634. The van der Waals surface area contributed by atoms with E-state index in [0.717, 1.165) is 48.4 Å². The number of pyridine rings is 1. The molecule has 0 spiro atoms. The molecule has 0 bridgehead atoms. The maximum atomic E-state index is 13.0. The summed E-state index contributed by atoms with van der Waals surface area (Å²) in [7, 11) is 0. The second-order valence-corrected chi connectivity index (χ2v) is 6.81. The van der Waals surface area contributed by atoms with E-state index in [1.165, 1.54) is 0 Å². The van der Waals surface area contributed by atoms with Gasteiger partial charge in [-0.05, 0) is 44.0 Å². The summed E-state index contributed by atoms with van der Waals surface area (Å²) in [4.78, 5) is 19.4. The Morgan fingerprint density at radius 3 is 2.75 bits per heavy atom. The third-order valence-electron chi connectivity index (χ3n) is 4.92. The van der Waals surface area contributed by atoms with Crippen LogP contribution in [0.2, 0.25) is 0 Å². The van der Waals surface area contributed by atoms with Gasteiger partial charge in [0.1, 0.15) is 6.54 Å². The largest absolute Gasteiger partial charge is 0.339 e. The van der Waals surface area contributed by atoms with Crippen molar-refractivity contribution in [3.8, 4) is 34.4 Å². The van der Waals surface area contributed by atoms with E-state index in [1.54, 1.807) is 6.20 Å². The standard InChI is InChI=1S/C23H22N4O/c1-2-3-15-27-16-11-21(25-27)18-8-6-9-19(17-18)22-20(10-7-12-24-22)23(28)26-13-4-5-14-26/h6-12,16-17H,4-5,13-15H2,1H3. The molecular formula is C23H22N4O. The zero-order chi connectivity index (χ0) is 19.3. The van der Waals surface area contributed by atoms with Crippen LogP contribution in [-0.2, 0) is 6.54 Å². The van der Waals surface area contributed by atoms with Gasteiger partial charge in [0.05, 0.1) is 17.0 Å². The molecule has 0 atom stereocenters. The van der Waals surface area contributed by atoms with Crippen molar-refractivity contribution in [1.29, 1.82) is 0 Å². The number of amides is 1. The summed E-state index contributed by atoms with van der Waals surface area (Å²) in [6.07, 6.45) is 5.81. The zero-order valence-electron chi connectivity index (χ0n) is 15.9. The Labute approximate surface area is 165 Å². The Hall–Kier alpha value is -3.39. The van der Waals surface area contributed by atoms with Crippen molar-refractivity contribution in [3.63, 3.8) is 0 Å². The lowest BCUT2D eigenvalue weighted by Gasteiger charge is -2.17. The topological polar surface area (TPSA) is 51.0 Å². The summed E-state index contributed by atoms with van der Waals surface area (Å²) in [5, 5.41) is 4.59. The quantitative estimate of drug-likeness (QED) is 0.655. The lowest BCUT2D eigenvalue weighted by atomic mass is 10.0. The van der Waals surface area contributed by atoms with Crippen LogP contribution in [0.5, 0.6) is 0 Å². The first-order valence-corrected chi connectivity index (χ1v) is 9.54. The number of rotatable bonds is 4. The smallest absolute Gasteiger partial charge is 0.256 e. The van der Waals surface area contributed by atoms with Gasteiger partial charge in [0.25, 0.3) is 5.91 Å². The van der Waals surface area contributed by atoms with E-state index < -0.39 is 0 Å². The molecule has 3 aromatic rings. The molecule has 1 fully saturated rings. The molecule has 140 valence electrons. The van der Waals surface area contributed by atoms with Crippen molar-refractivity contribution in [2.24, 2.45) is 0 Å². The van der Waals surface area contributed by atoms with Crippen LogP contribution >= 0.6 is 0 Å². The Morgan fingerprint density at radius 2 is 1.93 bits per heavy atom. The van der Waals surface area contributed by atoms with Crippen molar-refractivity contribution in [2.45, 2.75) is 26.3 Å². The molecule has 5 heteroatoms. The van der Waals surface area contributed by atoms with Gasteiger partial charge in [-0.2, -0.15) is 5.10 Å². The molecule has 1 amide bonds. The molecule has 5 nitrogen and oxygen atoms in total. The number of aromatic nitrogens is 3. The van der Waals surface area contributed by atoms with E-state index >= 15 is 0 Å². The fourth-order valence-corrected chi connectivity index (χ4v) is 3.49. The predicted octanol–water partition coefficient (Wildman–Crippen LogP) is 3.87. The molecule has 2 aromatic heterocycles. The average molecular weight is 370 g/mol. The van der Waals surface area contributed by atoms with Crippen LogP contribution in [0, 0.1) is 11.8 Å². The molecule has 0 unspecified atom stereocenters. The highest BCUT2D eigenvalue weighted by molar-refractivity contribution is 6.00. The van der Waals surface area contributed by atoms with E-state index in [4.69, 9.17) is 0 Å². The first kappa shape index (κ1) is 18.0. The van der Waals surface area contributed by atoms with Crippen LogP contribution in [0.15, 0.2) is 54.9 Å². The van der Waals surface area contributed by atoms with Crippen LogP contribution < -0.4 is 0 Å². The summed E-state index contributed by atoms with van der Waals surface area (Å²) >= 11 is 0. The number of nitrogens with zero attached hydrogens (tertiary/aromatic N) is 4. The lowest BCUT2D eigenvalue weighted by Crippen LogP contribution is -2.28. The first-order chi connectivity index (χ1) is 13.8. The van der Waals surface area contributed by atoms with Crippen LogP contribution in [0.3, 0.4) is 0 Å². The Kier molecular flexibility index (Phi) is 5.20. The van der Waals surface area contributed by atoms with Crippen LogP contribution in [0.4, 0.5) is 0 Å². The number of carbonyl (C=O) groups excluding carboxylic acids is 1. The zero-order valence-corrected chi connectivity index (χ0v) is 15.9. The van der Waals surface area contributed by atoms with Crippen LogP contribution in [-0.4, -0.2) is 38.7 Å². The molecule has 1 aromatic carbocycles. The van der Waals surface area contributed by atoms with Gasteiger partial charge in [-0.1, -0.05) is 24.1 Å². The van der Waals surface area contributed by atoms with Crippen LogP contribution in [0.25, 0.3) is 22.5 Å². The number of likely N-dealkylation sites (tertiary alicyclic amines) is 1. The highest BCUT2D eigenvalue weighted by Gasteiger charge is 2.23. The molecule has 1 aliphatic rings. The fraction of sp³-hybridized carbons (Fsp3) is 0.261. The molecular weight excluding hydrogens is 348 g/mol. The minimum atomic E-state index is 0.0634.